The van der Waals surface area contributed by atoms with Crippen LogP contribution in [-0.2, 0) is 9.84 Å². The normalized spacial score (nSPS) is 16.6. The van der Waals surface area contributed by atoms with Crippen molar-refractivity contribution < 1.29 is 13.5 Å². The number of sulfone groups is 1. The molecule has 0 saturated carbocycles. The summed E-state index contributed by atoms with van der Waals surface area (Å²) in [6.07, 6.45) is 3.79. The van der Waals surface area contributed by atoms with Crippen LogP contribution in [0.5, 0.6) is 0 Å². The molecule has 0 aromatic carbocycles. The molecule has 0 radical (unpaired) electrons. The van der Waals surface area contributed by atoms with Gasteiger partial charge in [-0.15, -0.1) is 0 Å². The van der Waals surface area contributed by atoms with Gasteiger partial charge in [0.25, 0.3) is 0 Å². The molecule has 1 rings (SSSR count). The van der Waals surface area contributed by atoms with Crippen LogP contribution in [0.4, 0.5) is 0 Å². The molecule has 7 heteroatoms. The number of aliphatic hydroxyl groups is 1. The Morgan fingerprint density at radius 2 is 2.06 bits per heavy atom. The lowest BCUT2D eigenvalue weighted by molar-refractivity contribution is 0.145. The summed E-state index contributed by atoms with van der Waals surface area (Å²) in [6.45, 7) is 5.69. The van der Waals surface area contributed by atoms with E-state index in [0.29, 0.717) is 0 Å². The van der Waals surface area contributed by atoms with E-state index in [-0.39, 0.29) is 23.0 Å². The highest BCUT2D eigenvalue weighted by molar-refractivity contribution is 7.90. The van der Waals surface area contributed by atoms with Gasteiger partial charge in [-0.1, -0.05) is 20.8 Å². The molecule has 0 saturated heterocycles. The zero-order chi connectivity index (χ0) is 14.1. The topological polar surface area (TPSA) is 98.2 Å². The number of nitrogens with two attached hydrogens (primary N) is 1. The predicted octanol–water partition coefficient (Wildman–Crippen LogP) is 0.193. The Labute approximate surface area is 108 Å². The van der Waals surface area contributed by atoms with Gasteiger partial charge < -0.3 is 10.8 Å². The van der Waals surface area contributed by atoms with Crippen LogP contribution in [0.1, 0.15) is 26.8 Å². The quantitative estimate of drug-likeness (QED) is 0.817. The van der Waals surface area contributed by atoms with Gasteiger partial charge in [-0.25, -0.2) is 8.42 Å². The van der Waals surface area contributed by atoms with E-state index in [2.05, 4.69) is 5.10 Å². The molecule has 1 aromatic heterocycles. The van der Waals surface area contributed by atoms with E-state index in [1.807, 2.05) is 20.8 Å². The van der Waals surface area contributed by atoms with Crippen LogP contribution in [0, 0.1) is 5.41 Å². The third-order valence-electron chi connectivity index (χ3n) is 2.95. The van der Waals surface area contributed by atoms with E-state index in [1.54, 1.807) is 0 Å². The van der Waals surface area contributed by atoms with E-state index < -0.39 is 15.9 Å². The monoisotopic (exact) mass is 275 g/mol. The predicted molar refractivity (Wildman–Crippen MR) is 68.9 cm³/mol. The second-order valence-corrected chi connectivity index (χ2v) is 7.59. The van der Waals surface area contributed by atoms with E-state index in [9.17, 15) is 13.5 Å². The van der Waals surface area contributed by atoms with Crippen LogP contribution >= 0.6 is 0 Å². The molecule has 0 spiro atoms. The number of rotatable bonds is 4. The SMILES string of the molecule is CC(C)(C)C(N)C(CO)n1cc(S(C)(=O)=O)cn1. The van der Waals surface area contributed by atoms with E-state index in [0.717, 1.165) is 6.26 Å². The lowest BCUT2D eigenvalue weighted by atomic mass is 9.83. The Hall–Kier alpha value is -0.920. The fraction of sp³-hybridized carbons (Fsp3) is 0.727. The zero-order valence-electron chi connectivity index (χ0n) is 11.2. The molecular weight excluding hydrogens is 254 g/mol. The van der Waals surface area contributed by atoms with E-state index in [4.69, 9.17) is 5.73 Å². The molecule has 1 aromatic rings. The molecule has 0 aliphatic rings. The first-order chi connectivity index (χ1) is 8.07. The Kier molecular flexibility index (Phi) is 4.19. The molecule has 0 bridgehead atoms. The highest BCUT2D eigenvalue weighted by atomic mass is 32.2. The number of aromatic nitrogens is 2. The van der Waals surface area contributed by atoms with Gasteiger partial charge in [0.05, 0.1) is 18.8 Å². The van der Waals surface area contributed by atoms with Gasteiger partial charge in [0.2, 0.25) is 0 Å². The summed E-state index contributed by atoms with van der Waals surface area (Å²) in [4.78, 5) is 0.127. The second kappa shape index (κ2) is 4.99. The van der Waals surface area contributed by atoms with Crippen molar-refractivity contribution in [2.75, 3.05) is 12.9 Å². The molecule has 18 heavy (non-hydrogen) atoms. The van der Waals surface area contributed by atoms with Crippen molar-refractivity contribution >= 4 is 9.84 Å². The smallest absolute Gasteiger partial charge is 0.178 e. The lowest BCUT2D eigenvalue weighted by Gasteiger charge is -2.33. The van der Waals surface area contributed by atoms with Crippen LogP contribution in [-0.4, -0.2) is 42.2 Å². The van der Waals surface area contributed by atoms with Crippen molar-refractivity contribution in [2.45, 2.75) is 37.8 Å². The summed E-state index contributed by atoms with van der Waals surface area (Å²) >= 11 is 0. The molecule has 3 N–H and O–H groups in total. The third-order valence-corrected chi connectivity index (χ3v) is 4.01. The summed E-state index contributed by atoms with van der Waals surface area (Å²) in [5.41, 5.74) is 5.87. The summed E-state index contributed by atoms with van der Waals surface area (Å²) < 4.78 is 24.2. The van der Waals surface area contributed by atoms with Gasteiger partial charge in [0, 0.05) is 18.5 Å². The van der Waals surface area contributed by atoms with Crippen LogP contribution in [0.2, 0.25) is 0 Å². The van der Waals surface area contributed by atoms with Gasteiger partial charge in [0.1, 0.15) is 4.90 Å². The molecule has 0 aliphatic heterocycles. The maximum atomic E-state index is 11.4. The number of nitrogens with zero attached hydrogens (tertiary/aromatic N) is 2. The van der Waals surface area contributed by atoms with Crippen molar-refractivity contribution in [1.82, 2.24) is 9.78 Å². The summed E-state index contributed by atoms with van der Waals surface area (Å²) in [6, 6.07) is -0.782. The maximum absolute atomic E-state index is 11.4. The van der Waals surface area contributed by atoms with Crippen molar-refractivity contribution in [2.24, 2.45) is 11.1 Å². The second-order valence-electron chi connectivity index (χ2n) is 5.57. The van der Waals surface area contributed by atoms with Gasteiger partial charge in [-0.3, -0.25) is 4.68 Å². The number of hydrogen-bond acceptors (Lipinski definition) is 5. The Morgan fingerprint density at radius 3 is 2.39 bits per heavy atom. The first kappa shape index (κ1) is 15.1. The molecule has 0 amide bonds. The Balaban J connectivity index is 3.08. The molecule has 0 aliphatic carbocycles. The highest BCUT2D eigenvalue weighted by Gasteiger charge is 2.30. The van der Waals surface area contributed by atoms with E-state index in [1.165, 1.54) is 17.1 Å². The minimum absolute atomic E-state index is 0.127. The number of hydrogen-bond donors (Lipinski definition) is 2. The van der Waals surface area contributed by atoms with Crippen LogP contribution in [0.25, 0.3) is 0 Å². The van der Waals surface area contributed by atoms with Gasteiger partial charge in [0.15, 0.2) is 9.84 Å². The molecule has 1 heterocycles. The molecule has 0 fully saturated rings. The van der Waals surface area contributed by atoms with Gasteiger partial charge >= 0.3 is 0 Å². The lowest BCUT2D eigenvalue weighted by Crippen LogP contribution is -2.44. The molecule has 2 atom stereocenters. The summed E-state index contributed by atoms with van der Waals surface area (Å²) in [5.74, 6) is 0. The Morgan fingerprint density at radius 1 is 1.50 bits per heavy atom. The Bertz CT molecular complexity index is 502. The standard InChI is InChI=1S/C11H21N3O3S/c1-11(2,3)10(12)9(7-15)14-6-8(5-13-14)18(4,16)17/h5-6,9-10,15H,7,12H2,1-4H3. The minimum Gasteiger partial charge on any atom is -0.394 e. The van der Waals surface area contributed by atoms with Gasteiger partial charge in [-0.05, 0) is 5.41 Å². The van der Waals surface area contributed by atoms with Crippen molar-refractivity contribution in [3.05, 3.63) is 12.4 Å². The van der Waals surface area contributed by atoms with Crippen LogP contribution < -0.4 is 5.73 Å². The number of aliphatic hydroxyl groups excluding tert-OH is 1. The fourth-order valence-electron chi connectivity index (χ4n) is 1.63. The molecule has 2 unspecified atom stereocenters. The molecule has 6 nitrogen and oxygen atoms in total. The van der Waals surface area contributed by atoms with Crippen LogP contribution in [0.15, 0.2) is 17.3 Å². The molecule has 104 valence electrons. The van der Waals surface area contributed by atoms with Gasteiger partial charge in [-0.2, -0.15) is 5.10 Å². The fourth-order valence-corrected chi connectivity index (χ4v) is 2.17. The zero-order valence-corrected chi connectivity index (χ0v) is 12.0. The summed E-state index contributed by atoms with van der Waals surface area (Å²) in [7, 11) is -3.29. The summed E-state index contributed by atoms with van der Waals surface area (Å²) in [5, 5.41) is 13.4. The van der Waals surface area contributed by atoms with Crippen molar-refractivity contribution in [3.63, 3.8) is 0 Å². The van der Waals surface area contributed by atoms with Crippen molar-refractivity contribution in [1.29, 1.82) is 0 Å². The van der Waals surface area contributed by atoms with Crippen molar-refractivity contribution in [3.8, 4) is 0 Å². The van der Waals surface area contributed by atoms with Crippen LogP contribution in [0.3, 0.4) is 0 Å². The minimum atomic E-state index is -3.29. The molecular formula is C11H21N3O3S. The average molecular weight is 275 g/mol. The maximum Gasteiger partial charge on any atom is 0.178 e. The van der Waals surface area contributed by atoms with E-state index >= 15 is 0 Å². The first-order valence-electron chi connectivity index (χ1n) is 5.68. The highest BCUT2D eigenvalue weighted by Crippen LogP contribution is 2.26. The largest absolute Gasteiger partial charge is 0.394 e. The average Bonchev–Trinajstić information content (AvgIpc) is 2.66. The third kappa shape index (κ3) is 3.30. The first-order valence-corrected chi connectivity index (χ1v) is 7.57.